The van der Waals surface area contributed by atoms with Crippen molar-refractivity contribution in [2.24, 2.45) is 0 Å². The molecule has 0 saturated carbocycles. The Bertz CT molecular complexity index is 1480. The number of hydrogen-bond donors (Lipinski definition) is 3. The molecule has 94 heavy (non-hydrogen) atoms. The highest BCUT2D eigenvalue weighted by atomic mass is 16.5. The summed E-state index contributed by atoms with van der Waals surface area (Å²) < 4.78 is 5.53. The van der Waals surface area contributed by atoms with Gasteiger partial charge in [0.25, 0.3) is 0 Å². The quantitative estimate of drug-likeness (QED) is 0.0320. The maximum Gasteiger partial charge on any atom is 0.305 e. The van der Waals surface area contributed by atoms with Gasteiger partial charge in [-0.05, 0) is 57.8 Å². The van der Waals surface area contributed by atoms with E-state index in [-0.39, 0.29) is 18.5 Å². The molecule has 0 aromatic rings. The minimum atomic E-state index is -0.663. The van der Waals surface area contributed by atoms with E-state index < -0.39 is 12.1 Å². The molecule has 1 amide bonds. The van der Waals surface area contributed by atoms with Gasteiger partial charge >= 0.3 is 5.97 Å². The summed E-state index contributed by atoms with van der Waals surface area (Å²) in [4.78, 5) is 24.7. The zero-order chi connectivity index (χ0) is 67.7. The molecule has 0 spiro atoms. The molecule has 0 aromatic heterocycles. The molecule has 0 aromatic carbocycles. The van der Waals surface area contributed by atoms with Crippen molar-refractivity contribution in [3.8, 4) is 0 Å². The normalized spacial score (nSPS) is 12.5. The molecule has 0 saturated heterocycles. The van der Waals surface area contributed by atoms with Crippen LogP contribution < -0.4 is 5.32 Å². The van der Waals surface area contributed by atoms with Gasteiger partial charge in [-0.25, -0.2) is 0 Å². The second kappa shape index (κ2) is 83.8. The van der Waals surface area contributed by atoms with Crippen LogP contribution in [0.3, 0.4) is 0 Å². The monoisotopic (exact) mass is 1320 g/mol. The fourth-order valence-corrected chi connectivity index (χ4v) is 14.1. The Balaban J connectivity index is 3.33. The lowest BCUT2D eigenvalue weighted by Gasteiger charge is -2.22. The van der Waals surface area contributed by atoms with Crippen LogP contribution in [0.1, 0.15) is 502 Å². The first-order valence-corrected chi connectivity index (χ1v) is 43.6. The summed E-state index contributed by atoms with van der Waals surface area (Å²) in [6.45, 7) is 5.02. The second-order valence-electron chi connectivity index (χ2n) is 30.2. The van der Waals surface area contributed by atoms with Gasteiger partial charge in [-0.2, -0.15) is 0 Å². The van der Waals surface area contributed by atoms with Crippen LogP contribution >= 0.6 is 0 Å². The van der Waals surface area contributed by atoms with E-state index in [0.717, 1.165) is 44.9 Å². The van der Waals surface area contributed by atoms with Crippen molar-refractivity contribution in [2.75, 3.05) is 13.2 Å². The highest BCUT2D eigenvalue weighted by molar-refractivity contribution is 5.76. The molecule has 0 fully saturated rings. The molecule has 0 aliphatic heterocycles. The lowest BCUT2D eigenvalue weighted by molar-refractivity contribution is -0.143. The predicted molar refractivity (Wildman–Crippen MR) is 417 cm³/mol. The largest absolute Gasteiger partial charge is 0.466 e. The number of amides is 1. The summed E-state index contributed by atoms with van der Waals surface area (Å²) in [5.74, 6) is -0.000249. The van der Waals surface area contributed by atoms with Gasteiger partial charge in [0.2, 0.25) is 5.91 Å². The minimum absolute atomic E-state index is 0.0264. The van der Waals surface area contributed by atoms with Gasteiger partial charge in [-0.15, -0.1) is 0 Å². The zero-order valence-corrected chi connectivity index (χ0v) is 64.2. The number of aliphatic hydroxyl groups is 2. The molecule has 558 valence electrons. The molecule has 0 bridgehead atoms. The topological polar surface area (TPSA) is 95.9 Å². The van der Waals surface area contributed by atoms with E-state index in [1.54, 1.807) is 0 Å². The summed E-state index contributed by atoms with van der Waals surface area (Å²) in [7, 11) is 0. The first-order chi connectivity index (χ1) is 46.5. The van der Waals surface area contributed by atoms with Gasteiger partial charge in [-0.1, -0.05) is 456 Å². The van der Waals surface area contributed by atoms with Crippen LogP contribution in [0.2, 0.25) is 0 Å². The number of allylic oxidation sites excluding steroid dienone is 4. The molecule has 0 heterocycles. The Morgan fingerprint density at radius 1 is 0.298 bits per heavy atom. The van der Waals surface area contributed by atoms with E-state index in [2.05, 4.69) is 43.5 Å². The van der Waals surface area contributed by atoms with Crippen molar-refractivity contribution in [2.45, 2.75) is 514 Å². The minimum Gasteiger partial charge on any atom is -0.466 e. The van der Waals surface area contributed by atoms with Crippen molar-refractivity contribution in [3.05, 3.63) is 24.3 Å². The third-order valence-electron chi connectivity index (χ3n) is 20.8. The van der Waals surface area contributed by atoms with Crippen LogP contribution in [0.15, 0.2) is 24.3 Å². The van der Waals surface area contributed by atoms with Crippen LogP contribution in [-0.2, 0) is 14.3 Å². The molecule has 0 aliphatic rings. The molecule has 3 N–H and O–H groups in total. The second-order valence-corrected chi connectivity index (χ2v) is 30.2. The third-order valence-corrected chi connectivity index (χ3v) is 20.8. The standard InChI is InChI=1S/C88H171NO5/c1-3-5-7-9-11-13-15-17-19-21-44-48-52-56-60-64-68-72-76-80-86(91)85(84-90)89-87(92)81-77-73-69-65-61-57-53-49-46-42-40-38-36-34-32-30-28-26-24-23-25-27-29-31-33-35-37-39-41-43-47-51-55-59-63-67-71-75-79-83-94-88(93)82-78-74-70-66-62-58-54-50-45-22-20-18-16-14-12-10-8-6-4-2/h23-24,27,29,85-86,90-91H,3-22,25-26,28,30-84H2,1-2H3,(H,89,92)/b24-23-,29-27-. The zero-order valence-electron chi connectivity index (χ0n) is 64.2. The van der Waals surface area contributed by atoms with Gasteiger partial charge in [0.15, 0.2) is 0 Å². The van der Waals surface area contributed by atoms with E-state index in [9.17, 15) is 19.8 Å². The van der Waals surface area contributed by atoms with Crippen LogP contribution in [-0.4, -0.2) is 47.4 Å². The molecule has 6 nitrogen and oxygen atoms in total. The number of ether oxygens (including phenoxy) is 1. The van der Waals surface area contributed by atoms with Crippen molar-refractivity contribution in [1.82, 2.24) is 5.32 Å². The Morgan fingerprint density at radius 3 is 0.809 bits per heavy atom. The maximum absolute atomic E-state index is 12.6. The van der Waals surface area contributed by atoms with E-state index in [1.165, 1.54) is 424 Å². The summed E-state index contributed by atoms with van der Waals surface area (Å²) in [5, 5.41) is 23.4. The molecule has 6 heteroatoms. The molecule has 0 radical (unpaired) electrons. The number of nitrogens with one attached hydrogen (secondary N) is 1. The molecule has 2 unspecified atom stereocenters. The van der Waals surface area contributed by atoms with E-state index in [1.807, 2.05) is 0 Å². The summed E-state index contributed by atoms with van der Waals surface area (Å²) >= 11 is 0. The Hall–Kier alpha value is -1.66. The van der Waals surface area contributed by atoms with Crippen LogP contribution in [0, 0.1) is 0 Å². The number of unbranched alkanes of at least 4 members (excludes halogenated alkanes) is 68. The smallest absolute Gasteiger partial charge is 0.305 e. The molecular weight excluding hydrogens is 1150 g/mol. The highest BCUT2D eigenvalue weighted by Gasteiger charge is 2.20. The molecule has 0 rings (SSSR count). The lowest BCUT2D eigenvalue weighted by Crippen LogP contribution is -2.45. The first-order valence-electron chi connectivity index (χ1n) is 43.6. The van der Waals surface area contributed by atoms with Crippen LogP contribution in [0.25, 0.3) is 0 Å². The van der Waals surface area contributed by atoms with Crippen molar-refractivity contribution >= 4 is 11.9 Å². The Morgan fingerprint density at radius 2 is 0.532 bits per heavy atom. The summed E-state index contributed by atoms with van der Waals surface area (Å²) in [5.41, 5.74) is 0. The molecule has 2 atom stereocenters. The van der Waals surface area contributed by atoms with Gasteiger partial charge in [-0.3, -0.25) is 9.59 Å². The first kappa shape index (κ1) is 92.3. The number of aliphatic hydroxyl groups excluding tert-OH is 2. The van der Waals surface area contributed by atoms with E-state index >= 15 is 0 Å². The van der Waals surface area contributed by atoms with E-state index in [4.69, 9.17) is 4.74 Å². The number of carbonyl (C=O) groups is 2. The Kier molecular flexibility index (Phi) is 82.3. The average Bonchev–Trinajstić information content (AvgIpc) is 3.79. The highest BCUT2D eigenvalue weighted by Crippen LogP contribution is 2.21. The molecule has 0 aliphatic carbocycles. The van der Waals surface area contributed by atoms with Crippen LogP contribution in [0.4, 0.5) is 0 Å². The van der Waals surface area contributed by atoms with Crippen molar-refractivity contribution in [1.29, 1.82) is 0 Å². The fraction of sp³-hybridized carbons (Fsp3) is 0.932. The fourth-order valence-electron chi connectivity index (χ4n) is 14.1. The van der Waals surface area contributed by atoms with Crippen LogP contribution in [0.5, 0.6) is 0 Å². The number of carbonyl (C=O) groups excluding carboxylic acids is 2. The Labute approximate surface area is 590 Å². The SMILES string of the molecule is CCCCCCCCCCCCCCCCCCCCCC(=O)OCCCCCCCCCCCCCCCCC/C=C\C/C=C\CCCCCCCCCCCCCCCCCCCC(=O)NC(CO)C(O)CCCCCCCCCCCCCCCCCCCCC. The van der Waals surface area contributed by atoms with E-state index in [0.29, 0.717) is 25.9 Å². The lowest BCUT2D eigenvalue weighted by atomic mass is 10.0. The number of esters is 1. The van der Waals surface area contributed by atoms with Gasteiger partial charge in [0, 0.05) is 12.8 Å². The predicted octanol–water partition coefficient (Wildman–Crippen LogP) is 29.2. The van der Waals surface area contributed by atoms with Crippen molar-refractivity contribution < 1.29 is 24.5 Å². The summed E-state index contributed by atoms with van der Waals surface area (Å²) in [6.07, 6.45) is 109. The summed E-state index contributed by atoms with van der Waals surface area (Å²) in [6, 6.07) is -0.540. The number of rotatable bonds is 83. The van der Waals surface area contributed by atoms with Gasteiger partial charge in [0.05, 0.1) is 25.4 Å². The average molecular weight is 1320 g/mol. The molecular formula is C88H171NO5. The number of hydrogen-bond acceptors (Lipinski definition) is 5. The van der Waals surface area contributed by atoms with Gasteiger partial charge in [0.1, 0.15) is 0 Å². The third kappa shape index (κ3) is 79.3. The van der Waals surface area contributed by atoms with Gasteiger partial charge < -0.3 is 20.3 Å². The maximum atomic E-state index is 12.6. The van der Waals surface area contributed by atoms with Crippen molar-refractivity contribution in [3.63, 3.8) is 0 Å².